The van der Waals surface area contributed by atoms with Gasteiger partial charge < -0.3 is 9.64 Å². The summed E-state index contributed by atoms with van der Waals surface area (Å²) in [5.74, 6) is 0. The smallest absolute Gasteiger partial charge is 0.103 e. The van der Waals surface area contributed by atoms with E-state index < -0.39 is 0 Å². The van der Waals surface area contributed by atoms with Crippen molar-refractivity contribution in [1.29, 1.82) is 0 Å². The predicted octanol–water partition coefficient (Wildman–Crippen LogP) is 3.95. The maximum Gasteiger partial charge on any atom is 0.103 e. The van der Waals surface area contributed by atoms with Crippen LogP contribution in [0.3, 0.4) is 0 Å². The minimum atomic E-state index is -0.192. The zero-order valence-electron chi connectivity index (χ0n) is 12.6. The molecule has 0 saturated carbocycles. The first kappa shape index (κ1) is 16.0. The van der Waals surface area contributed by atoms with Crippen LogP contribution in [-0.2, 0) is 10.3 Å². The van der Waals surface area contributed by atoms with Crippen LogP contribution in [-0.4, -0.2) is 31.6 Å². The highest BCUT2D eigenvalue weighted by Crippen LogP contribution is 2.30. The van der Waals surface area contributed by atoms with Gasteiger partial charge in [-0.15, -0.1) is 12.4 Å². The van der Waals surface area contributed by atoms with Gasteiger partial charge in [0.1, 0.15) is 5.60 Å². The van der Waals surface area contributed by atoms with Crippen LogP contribution < -0.4 is 0 Å². The van der Waals surface area contributed by atoms with Gasteiger partial charge in [-0.25, -0.2) is 0 Å². The van der Waals surface area contributed by atoms with E-state index in [9.17, 15) is 0 Å². The van der Waals surface area contributed by atoms with Gasteiger partial charge in [0.2, 0.25) is 0 Å². The third-order valence-electron chi connectivity index (χ3n) is 4.07. The molecule has 0 bridgehead atoms. The third-order valence-corrected chi connectivity index (χ3v) is 4.07. The molecule has 1 aliphatic rings. The Hall–Kier alpha value is -1.35. The molecule has 3 heteroatoms. The zero-order chi connectivity index (χ0) is 14.0. The van der Waals surface area contributed by atoms with Crippen molar-refractivity contribution in [3.63, 3.8) is 0 Å². The van der Waals surface area contributed by atoms with Crippen molar-refractivity contribution in [2.75, 3.05) is 26.7 Å². The van der Waals surface area contributed by atoms with E-state index in [1.54, 1.807) is 0 Å². The maximum atomic E-state index is 6.03. The lowest BCUT2D eigenvalue weighted by molar-refractivity contribution is -0.0963. The fourth-order valence-electron chi connectivity index (χ4n) is 2.89. The van der Waals surface area contributed by atoms with E-state index in [4.69, 9.17) is 4.74 Å². The van der Waals surface area contributed by atoms with Crippen molar-refractivity contribution >= 4 is 12.4 Å². The number of halogens is 1. The van der Waals surface area contributed by atoms with Crippen LogP contribution >= 0.6 is 12.4 Å². The van der Waals surface area contributed by atoms with Gasteiger partial charge in [0.25, 0.3) is 0 Å². The molecule has 0 N–H and O–H groups in total. The van der Waals surface area contributed by atoms with E-state index in [1.165, 1.54) is 16.7 Å². The van der Waals surface area contributed by atoms with E-state index >= 15 is 0 Å². The van der Waals surface area contributed by atoms with Gasteiger partial charge in [-0.05, 0) is 30.7 Å². The number of benzene rings is 2. The molecule has 0 spiro atoms. The molecule has 2 aromatic carbocycles. The average Bonchev–Trinajstić information content (AvgIpc) is 2.48. The van der Waals surface area contributed by atoms with Crippen LogP contribution in [0.15, 0.2) is 54.6 Å². The Morgan fingerprint density at radius 1 is 0.952 bits per heavy atom. The van der Waals surface area contributed by atoms with Gasteiger partial charge in [0.05, 0.1) is 6.61 Å². The summed E-state index contributed by atoms with van der Waals surface area (Å²) in [6.07, 6.45) is 0. The van der Waals surface area contributed by atoms with Crippen LogP contribution in [0.2, 0.25) is 0 Å². The highest BCUT2D eigenvalue weighted by atomic mass is 35.5. The second kappa shape index (κ2) is 6.61. The number of rotatable bonds is 2. The van der Waals surface area contributed by atoms with Crippen LogP contribution in [0.25, 0.3) is 11.1 Å². The topological polar surface area (TPSA) is 12.5 Å². The Labute approximate surface area is 133 Å². The predicted molar refractivity (Wildman–Crippen MR) is 89.9 cm³/mol. The minimum absolute atomic E-state index is 0. The molecular weight excluding hydrogens is 282 g/mol. The Bertz CT molecular complexity index is 570. The second-order valence-electron chi connectivity index (χ2n) is 5.76. The number of ether oxygens (including phenoxy) is 1. The Balaban J connectivity index is 0.00000161. The Kier molecular flexibility index (Phi) is 5.04. The largest absolute Gasteiger partial charge is 0.368 e. The average molecular weight is 304 g/mol. The molecule has 0 aromatic heterocycles. The summed E-state index contributed by atoms with van der Waals surface area (Å²) in [5.41, 5.74) is 3.57. The molecule has 0 aliphatic carbocycles. The molecule has 3 rings (SSSR count). The fraction of sp³-hybridized carbons (Fsp3) is 0.333. The molecule has 1 atom stereocenters. The van der Waals surface area contributed by atoms with Crippen LogP contribution in [0, 0.1) is 0 Å². The van der Waals surface area contributed by atoms with E-state index in [1.807, 2.05) is 6.07 Å². The molecule has 1 fully saturated rings. The lowest BCUT2D eigenvalue weighted by atomic mass is 9.92. The van der Waals surface area contributed by atoms with Crippen LogP contribution in [0.1, 0.15) is 12.5 Å². The third kappa shape index (κ3) is 3.46. The highest BCUT2D eigenvalue weighted by Gasteiger charge is 2.32. The normalized spacial score (nSPS) is 22.6. The SMILES string of the molecule is CN1CCOC(C)(c2ccc(-c3ccccc3)cc2)C1.Cl. The quantitative estimate of drug-likeness (QED) is 0.833. The summed E-state index contributed by atoms with van der Waals surface area (Å²) in [6, 6.07) is 19.2. The molecule has 2 nitrogen and oxygen atoms in total. The molecular formula is C18H22ClNO. The molecule has 1 aliphatic heterocycles. The summed E-state index contributed by atoms with van der Waals surface area (Å²) in [4.78, 5) is 2.33. The summed E-state index contributed by atoms with van der Waals surface area (Å²) in [6.45, 7) is 4.93. The minimum Gasteiger partial charge on any atom is -0.368 e. The molecule has 0 radical (unpaired) electrons. The summed E-state index contributed by atoms with van der Waals surface area (Å²) < 4.78 is 6.03. The van der Waals surface area contributed by atoms with E-state index in [-0.39, 0.29) is 18.0 Å². The van der Waals surface area contributed by atoms with Gasteiger partial charge in [-0.3, -0.25) is 0 Å². The van der Waals surface area contributed by atoms with E-state index in [0.29, 0.717) is 0 Å². The van der Waals surface area contributed by atoms with Crippen molar-refractivity contribution < 1.29 is 4.74 Å². The molecule has 2 aromatic rings. The highest BCUT2D eigenvalue weighted by molar-refractivity contribution is 5.85. The second-order valence-corrected chi connectivity index (χ2v) is 5.76. The van der Waals surface area contributed by atoms with Crippen molar-refractivity contribution in [3.8, 4) is 11.1 Å². The van der Waals surface area contributed by atoms with Crippen molar-refractivity contribution in [2.45, 2.75) is 12.5 Å². The van der Waals surface area contributed by atoms with Crippen molar-refractivity contribution in [3.05, 3.63) is 60.2 Å². The van der Waals surface area contributed by atoms with Crippen molar-refractivity contribution in [1.82, 2.24) is 4.90 Å². The number of likely N-dealkylation sites (N-methyl/N-ethyl adjacent to an activating group) is 1. The molecule has 1 saturated heterocycles. The van der Waals surface area contributed by atoms with Gasteiger partial charge in [-0.2, -0.15) is 0 Å². The van der Waals surface area contributed by atoms with Crippen LogP contribution in [0.4, 0.5) is 0 Å². The molecule has 0 amide bonds. The van der Waals surface area contributed by atoms with E-state index in [0.717, 1.165) is 19.7 Å². The Morgan fingerprint density at radius 2 is 1.57 bits per heavy atom. The molecule has 1 heterocycles. The zero-order valence-corrected chi connectivity index (χ0v) is 13.4. The monoisotopic (exact) mass is 303 g/mol. The summed E-state index contributed by atoms with van der Waals surface area (Å²) in [7, 11) is 2.15. The summed E-state index contributed by atoms with van der Waals surface area (Å²) in [5, 5.41) is 0. The van der Waals surface area contributed by atoms with Crippen LogP contribution in [0.5, 0.6) is 0 Å². The maximum absolute atomic E-state index is 6.03. The fourth-order valence-corrected chi connectivity index (χ4v) is 2.89. The summed E-state index contributed by atoms with van der Waals surface area (Å²) >= 11 is 0. The van der Waals surface area contributed by atoms with Gasteiger partial charge in [0.15, 0.2) is 0 Å². The molecule has 112 valence electrons. The number of morpholine rings is 1. The van der Waals surface area contributed by atoms with Gasteiger partial charge in [0, 0.05) is 13.1 Å². The standard InChI is InChI=1S/C18H21NO.ClH/c1-18(14-19(2)12-13-20-18)17-10-8-16(9-11-17)15-6-4-3-5-7-15;/h3-11H,12-14H2,1-2H3;1H. The van der Waals surface area contributed by atoms with Gasteiger partial charge in [-0.1, -0.05) is 54.6 Å². The number of hydrogen-bond donors (Lipinski definition) is 0. The number of nitrogens with zero attached hydrogens (tertiary/aromatic N) is 1. The van der Waals surface area contributed by atoms with Gasteiger partial charge >= 0.3 is 0 Å². The first-order chi connectivity index (χ1) is 9.67. The number of hydrogen-bond acceptors (Lipinski definition) is 2. The lowest BCUT2D eigenvalue weighted by Gasteiger charge is -2.39. The Morgan fingerprint density at radius 3 is 2.19 bits per heavy atom. The first-order valence-electron chi connectivity index (χ1n) is 7.16. The lowest BCUT2D eigenvalue weighted by Crippen LogP contribution is -2.46. The van der Waals surface area contributed by atoms with Crippen molar-refractivity contribution in [2.24, 2.45) is 0 Å². The molecule has 1 unspecified atom stereocenters. The first-order valence-corrected chi connectivity index (χ1v) is 7.16. The van der Waals surface area contributed by atoms with E-state index in [2.05, 4.69) is 67.4 Å². The molecule has 21 heavy (non-hydrogen) atoms.